The Kier molecular flexibility index (Phi) is 5.70. The van der Waals surface area contributed by atoms with Gasteiger partial charge in [-0.05, 0) is 28.5 Å². The van der Waals surface area contributed by atoms with Crippen LogP contribution in [-0.4, -0.2) is 30.0 Å². The summed E-state index contributed by atoms with van der Waals surface area (Å²) < 4.78 is 4.90. The van der Waals surface area contributed by atoms with E-state index in [1.54, 1.807) is 0 Å². The van der Waals surface area contributed by atoms with Gasteiger partial charge in [-0.2, -0.15) is 0 Å². The minimum atomic E-state index is -0.795. The van der Waals surface area contributed by atoms with Gasteiger partial charge in [0.05, 0.1) is 19.0 Å². The fraction of sp³-hybridized carbons (Fsp3) is 0.160. The van der Waals surface area contributed by atoms with Gasteiger partial charge in [-0.25, -0.2) is 4.79 Å². The number of carbonyl (C=O) groups excluding carboxylic acids is 2. The average molecular weight is 398 g/mol. The summed E-state index contributed by atoms with van der Waals surface area (Å²) in [5.74, 6) is -0.724. The molecule has 0 radical (unpaired) electrons. The Morgan fingerprint density at radius 3 is 2.40 bits per heavy atom. The summed E-state index contributed by atoms with van der Waals surface area (Å²) in [5, 5.41) is 6.03. The summed E-state index contributed by atoms with van der Waals surface area (Å²) in [6.07, 6.45) is 0.449. The smallest absolute Gasteiger partial charge is 0.328 e. The Bertz CT molecular complexity index is 1220. The Morgan fingerprint density at radius 1 is 0.900 bits per heavy atom. The van der Waals surface area contributed by atoms with Crippen LogP contribution in [-0.2, 0) is 27.2 Å². The van der Waals surface area contributed by atoms with E-state index < -0.39 is 12.0 Å². The molecule has 30 heavy (non-hydrogen) atoms. The minimum absolute atomic E-state index is 0.184. The van der Waals surface area contributed by atoms with Gasteiger partial charge in [-0.1, -0.05) is 66.7 Å². The van der Waals surface area contributed by atoms with E-state index >= 15 is 0 Å². The standard InChI is InChI=1S/C25H22N2O3/c1-30-25(29)23(16-21-13-12-19-7-4-5-9-22(19)26-21)27-24(28)15-17-10-11-18-6-2-3-8-20(18)14-17/h2-14,23H,15-16H2,1H3,(H,27,28)/t23-/m0/s1. The number of esters is 1. The van der Waals surface area contributed by atoms with Gasteiger partial charge in [-0.3, -0.25) is 9.78 Å². The van der Waals surface area contributed by atoms with E-state index in [1.165, 1.54) is 7.11 Å². The van der Waals surface area contributed by atoms with Gasteiger partial charge in [0.2, 0.25) is 5.91 Å². The lowest BCUT2D eigenvalue weighted by atomic mass is 10.0. The molecule has 1 aromatic heterocycles. The van der Waals surface area contributed by atoms with Gasteiger partial charge in [0.1, 0.15) is 6.04 Å². The van der Waals surface area contributed by atoms with E-state index in [0.29, 0.717) is 0 Å². The van der Waals surface area contributed by atoms with E-state index in [1.807, 2.05) is 78.9 Å². The zero-order chi connectivity index (χ0) is 20.9. The quantitative estimate of drug-likeness (QED) is 0.501. The average Bonchev–Trinajstić information content (AvgIpc) is 2.78. The molecule has 4 aromatic rings. The molecule has 1 amide bonds. The van der Waals surface area contributed by atoms with Crippen molar-refractivity contribution in [2.24, 2.45) is 0 Å². The van der Waals surface area contributed by atoms with Crippen molar-refractivity contribution < 1.29 is 14.3 Å². The highest BCUT2D eigenvalue weighted by molar-refractivity contribution is 5.88. The molecular formula is C25H22N2O3. The Morgan fingerprint density at radius 2 is 1.60 bits per heavy atom. The summed E-state index contributed by atoms with van der Waals surface area (Å²) in [7, 11) is 1.32. The van der Waals surface area contributed by atoms with E-state index in [-0.39, 0.29) is 18.7 Å². The van der Waals surface area contributed by atoms with Gasteiger partial charge in [0, 0.05) is 17.5 Å². The second kappa shape index (κ2) is 8.74. The van der Waals surface area contributed by atoms with Crippen molar-refractivity contribution in [2.75, 3.05) is 7.11 Å². The van der Waals surface area contributed by atoms with Crippen LogP contribution in [0.4, 0.5) is 0 Å². The molecule has 0 spiro atoms. The number of carbonyl (C=O) groups is 2. The van der Waals surface area contributed by atoms with E-state index in [2.05, 4.69) is 10.3 Å². The predicted molar refractivity (Wildman–Crippen MR) is 117 cm³/mol. The number of fused-ring (bicyclic) bond motifs is 2. The molecule has 1 N–H and O–H groups in total. The lowest BCUT2D eigenvalue weighted by Crippen LogP contribution is -2.43. The second-order valence-corrected chi connectivity index (χ2v) is 7.20. The van der Waals surface area contributed by atoms with Crippen LogP contribution >= 0.6 is 0 Å². The first kappa shape index (κ1) is 19.6. The number of rotatable bonds is 6. The number of ether oxygens (including phenoxy) is 1. The van der Waals surface area contributed by atoms with Crippen molar-refractivity contribution in [3.05, 3.63) is 90.1 Å². The number of benzene rings is 3. The maximum absolute atomic E-state index is 12.6. The van der Waals surface area contributed by atoms with Crippen molar-refractivity contribution in [2.45, 2.75) is 18.9 Å². The lowest BCUT2D eigenvalue weighted by molar-refractivity contribution is -0.145. The Hall–Kier alpha value is -3.73. The van der Waals surface area contributed by atoms with Gasteiger partial charge in [0.15, 0.2) is 0 Å². The molecule has 5 nitrogen and oxygen atoms in total. The van der Waals surface area contributed by atoms with Crippen molar-refractivity contribution >= 4 is 33.6 Å². The number of aromatic nitrogens is 1. The molecule has 0 bridgehead atoms. The molecule has 5 heteroatoms. The highest BCUT2D eigenvalue weighted by Gasteiger charge is 2.23. The van der Waals surface area contributed by atoms with Crippen LogP contribution < -0.4 is 5.32 Å². The molecular weight excluding hydrogens is 376 g/mol. The third-order valence-corrected chi connectivity index (χ3v) is 5.07. The number of methoxy groups -OCH3 is 1. The van der Waals surface area contributed by atoms with Crippen LogP contribution in [0.1, 0.15) is 11.3 Å². The molecule has 0 aliphatic rings. The van der Waals surface area contributed by atoms with Gasteiger partial charge < -0.3 is 10.1 Å². The first-order chi connectivity index (χ1) is 14.6. The summed E-state index contributed by atoms with van der Waals surface area (Å²) in [4.78, 5) is 29.5. The molecule has 0 saturated carbocycles. The highest BCUT2D eigenvalue weighted by Crippen LogP contribution is 2.16. The SMILES string of the molecule is COC(=O)[C@H](Cc1ccc2ccccc2n1)NC(=O)Cc1ccc2ccccc2c1. The lowest BCUT2D eigenvalue weighted by Gasteiger charge is -2.16. The first-order valence-electron chi connectivity index (χ1n) is 9.82. The van der Waals surface area contributed by atoms with Crippen molar-refractivity contribution in [3.63, 3.8) is 0 Å². The molecule has 150 valence electrons. The molecule has 0 aliphatic heterocycles. The topological polar surface area (TPSA) is 68.3 Å². The Labute approximate surface area is 174 Å². The van der Waals surface area contributed by atoms with Gasteiger partial charge in [0.25, 0.3) is 0 Å². The first-order valence-corrected chi connectivity index (χ1v) is 9.82. The predicted octanol–water partition coefficient (Wildman–Crippen LogP) is 3.83. The van der Waals surface area contributed by atoms with Gasteiger partial charge in [-0.15, -0.1) is 0 Å². The van der Waals surface area contributed by atoms with Crippen LogP contribution in [0.2, 0.25) is 0 Å². The summed E-state index contributed by atoms with van der Waals surface area (Å²) in [6, 6.07) is 24.7. The van der Waals surface area contributed by atoms with E-state index in [4.69, 9.17) is 4.74 Å². The summed E-state index contributed by atoms with van der Waals surface area (Å²) in [6.45, 7) is 0. The third kappa shape index (κ3) is 4.46. The molecule has 3 aromatic carbocycles. The molecule has 0 unspecified atom stereocenters. The van der Waals surface area contributed by atoms with Crippen LogP contribution in [0.25, 0.3) is 21.7 Å². The number of amides is 1. The highest BCUT2D eigenvalue weighted by atomic mass is 16.5. The van der Waals surface area contributed by atoms with Crippen molar-refractivity contribution in [1.29, 1.82) is 0 Å². The van der Waals surface area contributed by atoms with Crippen LogP contribution in [0.5, 0.6) is 0 Å². The zero-order valence-corrected chi connectivity index (χ0v) is 16.7. The number of hydrogen-bond donors (Lipinski definition) is 1. The number of nitrogens with zero attached hydrogens (tertiary/aromatic N) is 1. The van der Waals surface area contributed by atoms with E-state index in [9.17, 15) is 9.59 Å². The number of pyridine rings is 1. The third-order valence-electron chi connectivity index (χ3n) is 5.07. The fourth-order valence-corrected chi connectivity index (χ4v) is 3.55. The van der Waals surface area contributed by atoms with Crippen molar-refractivity contribution in [1.82, 2.24) is 10.3 Å². The summed E-state index contributed by atoms with van der Waals surface area (Å²) >= 11 is 0. The molecule has 1 atom stereocenters. The molecule has 1 heterocycles. The maximum Gasteiger partial charge on any atom is 0.328 e. The zero-order valence-electron chi connectivity index (χ0n) is 16.7. The van der Waals surface area contributed by atoms with Gasteiger partial charge >= 0.3 is 5.97 Å². The van der Waals surface area contributed by atoms with Crippen LogP contribution in [0.3, 0.4) is 0 Å². The number of nitrogens with one attached hydrogen (secondary N) is 1. The molecule has 0 saturated heterocycles. The molecule has 0 aliphatic carbocycles. The van der Waals surface area contributed by atoms with Crippen molar-refractivity contribution in [3.8, 4) is 0 Å². The molecule has 0 fully saturated rings. The molecule has 4 rings (SSSR count). The van der Waals surface area contributed by atoms with E-state index in [0.717, 1.165) is 32.9 Å². The number of hydrogen-bond acceptors (Lipinski definition) is 4. The monoisotopic (exact) mass is 398 g/mol. The number of para-hydroxylation sites is 1. The van der Waals surface area contributed by atoms with Crippen LogP contribution in [0, 0.1) is 0 Å². The second-order valence-electron chi connectivity index (χ2n) is 7.20. The minimum Gasteiger partial charge on any atom is -0.467 e. The maximum atomic E-state index is 12.6. The van der Waals surface area contributed by atoms with Crippen LogP contribution in [0.15, 0.2) is 78.9 Å². The fourth-order valence-electron chi connectivity index (χ4n) is 3.55. The summed E-state index contributed by atoms with van der Waals surface area (Å²) in [5.41, 5.74) is 2.45. The largest absolute Gasteiger partial charge is 0.467 e. The normalized spacial score (nSPS) is 11.9. The Balaban J connectivity index is 1.48.